The van der Waals surface area contributed by atoms with Crippen LogP contribution < -0.4 is 5.73 Å². The van der Waals surface area contributed by atoms with Crippen molar-refractivity contribution in [3.63, 3.8) is 0 Å². The van der Waals surface area contributed by atoms with Crippen LogP contribution in [-0.2, 0) is 9.53 Å². The number of nitro benzene ring substituents is 1. The van der Waals surface area contributed by atoms with E-state index in [1.807, 2.05) is 6.07 Å². The van der Waals surface area contributed by atoms with Gasteiger partial charge in [-0.3, -0.25) is 10.1 Å². The maximum absolute atomic E-state index is 11.9. The summed E-state index contributed by atoms with van der Waals surface area (Å²) in [5.74, 6) is -1.39. The molecule has 1 aromatic rings. The summed E-state index contributed by atoms with van der Waals surface area (Å²) in [4.78, 5) is 22.3. The summed E-state index contributed by atoms with van der Waals surface area (Å²) in [6.07, 6.45) is 0. The van der Waals surface area contributed by atoms with Gasteiger partial charge in [-0.1, -0.05) is 23.9 Å². The fourth-order valence-corrected chi connectivity index (χ4v) is 2.90. The Bertz CT molecular complexity index is 749. The number of nitriles is 1. The molecule has 0 saturated heterocycles. The van der Waals surface area contributed by atoms with Gasteiger partial charge in [0.2, 0.25) is 0 Å². The molecule has 1 aliphatic heterocycles. The predicted octanol–water partition coefficient (Wildman–Crippen LogP) is 2.18. The van der Waals surface area contributed by atoms with E-state index in [-0.39, 0.29) is 21.9 Å². The van der Waals surface area contributed by atoms with Crippen molar-refractivity contribution in [2.75, 3.05) is 7.11 Å². The van der Waals surface area contributed by atoms with Crippen molar-refractivity contribution in [3.8, 4) is 6.07 Å². The lowest BCUT2D eigenvalue weighted by Crippen LogP contribution is -2.19. The van der Waals surface area contributed by atoms with E-state index >= 15 is 0 Å². The van der Waals surface area contributed by atoms with Crippen LogP contribution in [-0.4, -0.2) is 18.0 Å². The largest absolute Gasteiger partial charge is 0.466 e. The molecule has 1 aliphatic rings. The van der Waals surface area contributed by atoms with Crippen LogP contribution in [0.4, 0.5) is 5.69 Å². The summed E-state index contributed by atoms with van der Waals surface area (Å²) >= 11 is 1.05. The summed E-state index contributed by atoms with van der Waals surface area (Å²) in [5, 5.41) is 22.0. The van der Waals surface area contributed by atoms with E-state index < -0.39 is 16.8 Å². The predicted molar refractivity (Wildman–Crippen MR) is 80.4 cm³/mol. The molecule has 2 rings (SSSR count). The Balaban J connectivity index is 2.59. The molecule has 0 radical (unpaired) electrons. The van der Waals surface area contributed by atoms with Crippen LogP contribution in [0.2, 0.25) is 0 Å². The number of carbonyl (C=O) groups excluding carboxylic acids is 1. The van der Waals surface area contributed by atoms with Crippen molar-refractivity contribution in [2.24, 2.45) is 5.73 Å². The molecule has 0 aromatic heterocycles. The summed E-state index contributed by atoms with van der Waals surface area (Å²) < 4.78 is 4.72. The molecule has 8 heteroatoms. The van der Waals surface area contributed by atoms with E-state index in [4.69, 9.17) is 10.5 Å². The lowest BCUT2D eigenvalue weighted by Gasteiger charge is -2.23. The van der Waals surface area contributed by atoms with Gasteiger partial charge in [0.05, 0.1) is 40.2 Å². The van der Waals surface area contributed by atoms with E-state index in [0.29, 0.717) is 5.56 Å². The second-order valence-corrected chi connectivity index (χ2v) is 5.27. The molecule has 2 N–H and O–H groups in total. The Morgan fingerprint density at radius 1 is 1.55 bits per heavy atom. The topological polar surface area (TPSA) is 119 Å². The Kier molecular flexibility index (Phi) is 4.48. The van der Waals surface area contributed by atoms with Crippen molar-refractivity contribution in [1.82, 2.24) is 0 Å². The minimum atomic E-state index is -0.779. The minimum absolute atomic E-state index is 0.129. The standard InChI is InChI=1S/C14H11N3O4S/c1-21-14(18)11-7-22-13(16)10(6-15)12(11)8-3-2-4-9(5-8)17(19)20/h2-5,7,12H,16H2,1H3. The Hall–Kier alpha value is -2.79. The number of nitro groups is 1. The SMILES string of the molecule is COC(=O)C1=CSC(N)=C(C#N)C1c1cccc([N+](=O)[O-])c1. The first-order valence-electron chi connectivity index (χ1n) is 6.08. The Labute approximate surface area is 130 Å². The van der Waals surface area contributed by atoms with E-state index in [2.05, 4.69) is 0 Å². The number of ether oxygens (including phenoxy) is 1. The van der Waals surface area contributed by atoms with Crippen LogP contribution in [0.3, 0.4) is 0 Å². The van der Waals surface area contributed by atoms with E-state index in [1.165, 1.54) is 30.7 Å². The average Bonchev–Trinajstić information content (AvgIpc) is 2.53. The summed E-state index contributed by atoms with van der Waals surface area (Å²) in [5.41, 5.74) is 6.51. The number of allylic oxidation sites excluding steroid dienone is 1. The number of carbonyl (C=O) groups is 1. The monoisotopic (exact) mass is 317 g/mol. The van der Waals surface area contributed by atoms with Crippen molar-refractivity contribution in [3.05, 3.63) is 61.5 Å². The fourth-order valence-electron chi connectivity index (χ4n) is 2.12. The number of nitrogens with two attached hydrogens (primary N) is 1. The van der Waals surface area contributed by atoms with Crippen LogP contribution >= 0.6 is 11.8 Å². The molecule has 0 aliphatic carbocycles. The molecule has 22 heavy (non-hydrogen) atoms. The van der Waals surface area contributed by atoms with Crippen LogP contribution in [0.5, 0.6) is 0 Å². The van der Waals surface area contributed by atoms with Crippen molar-refractivity contribution in [1.29, 1.82) is 5.26 Å². The second-order valence-electron chi connectivity index (χ2n) is 4.36. The first-order chi connectivity index (χ1) is 10.5. The zero-order valence-corrected chi connectivity index (χ0v) is 12.3. The highest BCUT2D eigenvalue weighted by Gasteiger charge is 2.32. The maximum Gasteiger partial charge on any atom is 0.335 e. The van der Waals surface area contributed by atoms with Gasteiger partial charge in [-0.2, -0.15) is 5.26 Å². The third kappa shape index (κ3) is 2.80. The highest BCUT2D eigenvalue weighted by molar-refractivity contribution is 8.05. The number of benzene rings is 1. The lowest BCUT2D eigenvalue weighted by atomic mass is 9.85. The molecule has 0 amide bonds. The zero-order chi connectivity index (χ0) is 16.3. The molecule has 1 unspecified atom stereocenters. The molecule has 1 heterocycles. The highest BCUT2D eigenvalue weighted by atomic mass is 32.2. The van der Waals surface area contributed by atoms with Gasteiger partial charge in [-0.05, 0) is 11.0 Å². The van der Waals surface area contributed by atoms with Gasteiger partial charge in [-0.25, -0.2) is 4.79 Å². The number of esters is 1. The molecule has 7 nitrogen and oxygen atoms in total. The molecule has 1 aromatic carbocycles. The Morgan fingerprint density at radius 2 is 2.27 bits per heavy atom. The van der Waals surface area contributed by atoms with Gasteiger partial charge in [0.15, 0.2) is 0 Å². The van der Waals surface area contributed by atoms with Crippen LogP contribution in [0, 0.1) is 21.4 Å². The number of thioether (sulfide) groups is 1. The molecule has 0 fully saturated rings. The van der Waals surface area contributed by atoms with Gasteiger partial charge in [0.25, 0.3) is 5.69 Å². The molecular formula is C14H11N3O4S. The normalized spacial score (nSPS) is 17.5. The third-order valence-corrected chi connectivity index (χ3v) is 3.98. The number of nitrogens with zero attached hydrogens (tertiary/aromatic N) is 2. The first-order valence-corrected chi connectivity index (χ1v) is 6.96. The quantitative estimate of drug-likeness (QED) is 0.515. The number of hydrogen-bond donors (Lipinski definition) is 1. The number of methoxy groups -OCH3 is 1. The van der Waals surface area contributed by atoms with Crippen LogP contribution in [0.1, 0.15) is 11.5 Å². The lowest BCUT2D eigenvalue weighted by molar-refractivity contribution is -0.384. The zero-order valence-electron chi connectivity index (χ0n) is 11.5. The molecule has 0 saturated carbocycles. The van der Waals surface area contributed by atoms with Gasteiger partial charge in [-0.15, -0.1) is 0 Å². The molecule has 112 valence electrons. The van der Waals surface area contributed by atoms with Crippen LogP contribution in [0.25, 0.3) is 0 Å². The smallest absolute Gasteiger partial charge is 0.335 e. The molecular weight excluding hydrogens is 306 g/mol. The number of non-ortho nitro benzene ring substituents is 1. The van der Waals surface area contributed by atoms with Crippen molar-refractivity contribution < 1.29 is 14.5 Å². The second kappa shape index (κ2) is 6.32. The third-order valence-electron chi connectivity index (χ3n) is 3.13. The molecule has 0 spiro atoms. The molecule has 1 atom stereocenters. The van der Waals surface area contributed by atoms with Crippen molar-refractivity contribution in [2.45, 2.75) is 5.92 Å². The summed E-state index contributed by atoms with van der Waals surface area (Å²) in [6.45, 7) is 0. The summed E-state index contributed by atoms with van der Waals surface area (Å²) in [7, 11) is 1.23. The number of hydrogen-bond acceptors (Lipinski definition) is 7. The van der Waals surface area contributed by atoms with E-state index in [0.717, 1.165) is 11.8 Å². The van der Waals surface area contributed by atoms with Crippen molar-refractivity contribution >= 4 is 23.4 Å². The molecule has 0 bridgehead atoms. The maximum atomic E-state index is 11.9. The first kappa shape index (κ1) is 15.6. The summed E-state index contributed by atoms with van der Waals surface area (Å²) in [6, 6.07) is 7.73. The average molecular weight is 317 g/mol. The highest BCUT2D eigenvalue weighted by Crippen LogP contribution is 2.41. The van der Waals surface area contributed by atoms with E-state index in [9.17, 15) is 20.2 Å². The van der Waals surface area contributed by atoms with Gasteiger partial charge >= 0.3 is 5.97 Å². The van der Waals surface area contributed by atoms with Crippen LogP contribution in [0.15, 0.2) is 45.8 Å². The number of rotatable bonds is 3. The van der Waals surface area contributed by atoms with Gasteiger partial charge in [0, 0.05) is 12.1 Å². The Morgan fingerprint density at radius 3 is 2.86 bits per heavy atom. The fraction of sp³-hybridized carbons (Fsp3) is 0.143. The van der Waals surface area contributed by atoms with Gasteiger partial charge < -0.3 is 10.5 Å². The van der Waals surface area contributed by atoms with E-state index in [1.54, 1.807) is 6.07 Å². The van der Waals surface area contributed by atoms with Gasteiger partial charge in [0.1, 0.15) is 0 Å². The minimum Gasteiger partial charge on any atom is -0.466 e.